The van der Waals surface area contributed by atoms with Crippen LogP contribution >= 0.6 is 11.6 Å². The Morgan fingerprint density at radius 3 is 2.41 bits per heavy atom. The predicted octanol–water partition coefficient (Wildman–Crippen LogP) is 6.08. The summed E-state index contributed by atoms with van der Waals surface area (Å²) in [4.78, 5) is 28.9. The van der Waals surface area contributed by atoms with E-state index in [9.17, 15) is 9.59 Å². The Hall–Kier alpha value is -3.90. The summed E-state index contributed by atoms with van der Waals surface area (Å²) in [6.45, 7) is 2.77. The molecule has 0 aromatic heterocycles. The second kappa shape index (κ2) is 10.8. The average Bonchev–Trinajstić information content (AvgIpc) is 3.21. The lowest BCUT2D eigenvalue weighted by molar-refractivity contribution is -0.129. The number of carbonyl (C=O) groups excluding carboxylic acids is 2. The van der Waals surface area contributed by atoms with Crippen molar-refractivity contribution in [3.05, 3.63) is 100 Å². The first-order valence-corrected chi connectivity index (χ1v) is 11.2. The summed E-state index contributed by atoms with van der Waals surface area (Å²) < 4.78 is 16.3. The molecule has 172 valence electrons. The first kappa shape index (κ1) is 23.3. The molecule has 34 heavy (non-hydrogen) atoms. The first-order valence-electron chi connectivity index (χ1n) is 10.9. The number of unbranched alkanes of at least 4 members (excludes halogenated alkanes) is 1. The number of hydrogen-bond acceptors (Lipinski definition) is 6. The Kier molecular flexibility index (Phi) is 7.40. The van der Waals surface area contributed by atoms with E-state index >= 15 is 0 Å². The van der Waals surface area contributed by atoms with Crippen LogP contribution in [-0.4, -0.2) is 24.4 Å². The molecule has 3 aromatic carbocycles. The SMILES string of the molecule is CCCCOc1ccc(C2=N/C(=C\c3ccc(OC(=O)c4ccccc4Cl)cc3)C(=O)O2)cc1. The van der Waals surface area contributed by atoms with Gasteiger partial charge in [-0.3, -0.25) is 0 Å². The summed E-state index contributed by atoms with van der Waals surface area (Å²) in [5.41, 5.74) is 1.85. The standard InChI is InChI=1S/C27H22ClNO5/c1-2-3-16-32-20-14-10-19(11-15-20)25-29-24(27(31)34-25)17-18-8-12-21(13-9-18)33-26(30)22-6-4-5-7-23(22)28/h4-15,17H,2-3,16H2,1H3/b24-17-. The van der Waals surface area contributed by atoms with Crippen LogP contribution in [0.2, 0.25) is 5.02 Å². The summed E-state index contributed by atoms with van der Waals surface area (Å²) in [6.07, 6.45) is 3.67. The van der Waals surface area contributed by atoms with Gasteiger partial charge in [0.05, 0.1) is 17.2 Å². The van der Waals surface area contributed by atoms with E-state index in [-0.39, 0.29) is 17.2 Å². The topological polar surface area (TPSA) is 74.2 Å². The Morgan fingerprint density at radius 2 is 1.71 bits per heavy atom. The summed E-state index contributed by atoms with van der Waals surface area (Å²) in [5.74, 6) is 0.265. The number of nitrogens with zero attached hydrogens (tertiary/aromatic N) is 1. The van der Waals surface area contributed by atoms with Crippen LogP contribution in [-0.2, 0) is 9.53 Å². The van der Waals surface area contributed by atoms with Crippen LogP contribution in [0.25, 0.3) is 6.08 Å². The highest BCUT2D eigenvalue weighted by Gasteiger charge is 2.24. The third kappa shape index (κ3) is 5.71. The average molecular weight is 476 g/mol. The van der Waals surface area contributed by atoms with E-state index < -0.39 is 11.9 Å². The minimum atomic E-state index is -0.549. The first-order chi connectivity index (χ1) is 16.5. The summed E-state index contributed by atoms with van der Waals surface area (Å²) in [6, 6.07) is 20.6. The lowest BCUT2D eigenvalue weighted by atomic mass is 10.2. The number of aliphatic imine (C=N–C) groups is 1. The molecule has 0 saturated carbocycles. The van der Waals surface area contributed by atoms with Crippen molar-refractivity contribution in [3.8, 4) is 11.5 Å². The van der Waals surface area contributed by atoms with E-state index in [2.05, 4.69) is 11.9 Å². The van der Waals surface area contributed by atoms with Gasteiger partial charge in [0.15, 0.2) is 5.70 Å². The molecule has 0 aliphatic carbocycles. The molecule has 1 heterocycles. The highest BCUT2D eigenvalue weighted by atomic mass is 35.5. The van der Waals surface area contributed by atoms with Gasteiger partial charge in [-0.1, -0.05) is 49.2 Å². The third-order valence-electron chi connectivity index (χ3n) is 4.98. The molecule has 0 saturated heterocycles. The molecule has 0 amide bonds. The lowest BCUT2D eigenvalue weighted by Crippen LogP contribution is -2.08. The molecule has 0 bridgehead atoms. The maximum absolute atomic E-state index is 12.3. The monoisotopic (exact) mass is 475 g/mol. The maximum atomic E-state index is 12.3. The number of rotatable bonds is 8. The Labute approximate surface area is 202 Å². The number of hydrogen-bond donors (Lipinski definition) is 0. The molecule has 1 aliphatic rings. The largest absolute Gasteiger partial charge is 0.494 e. The summed E-state index contributed by atoms with van der Waals surface area (Å²) in [5, 5.41) is 0.320. The molecule has 0 N–H and O–H groups in total. The summed E-state index contributed by atoms with van der Waals surface area (Å²) in [7, 11) is 0. The molecule has 1 aliphatic heterocycles. The van der Waals surface area contributed by atoms with Crippen molar-refractivity contribution >= 4 is 35.5 Å². The van der Waals surface area contributed by atoms with E-state index in [0.29, 0.717) is 28.5 Å². The number of cyclic esters (lactones) is 1. The van der Waals surface area contributed by atoms with Gasteiger partial charge < -0.3 is 14.2 Å². The molecule has 7 heteroatoms. The zero-order chi connectivity index (χ0) is 23.9. The molecule has 6 nitrogen and oxygen atoms in total. The van der Waals surface area contributed by atoms with Gasteiger partial charge in [0.2, 0.25) is 5.90 Å². The van der Waals surface area contributed by atoms with Crippen molar-refractivity contribution in [2.45, 2.75) is 19.8 Å². The van der Waals surface area contributed by atoms with Gasteiger partial charge in [-0.2, -0.15) is 0 Å². The fourth-order valence-electron chi connectivity index (χ4n) is 3.14. The van der Waals surface area contributed by atoms with E-state index in [1.165, 1.54) is 0 Å². The molecular weight excluding hydrogens is 454 g/mol. The molecule has 3 aromatic rings. The number of halogens is 1. The highest BCUT2D eigenvalue weighted by molar-refractivity contribution is 6.33. The Balaban J connectivity index is 1.43. The van der Waals surface area contributed by atoms with E-state index in [1.54, 1.807) is 66.7 Å². The van der Waals surface area contributed by atoms with Crippen molar-refractivity contribution in [2.75, 3.05) is 6.61 Å². The molecule has 0 radical (unpaired) electrons. The smallest absolute Gasteiger partial charge is 0.363 e. The fraction of sp³-hybridized carbons (Fsp3) is 0.148. The van der Waals surface area contributed by atoms with Gasteiger partial charge >= 0.3 is 11.9 Å². The van der Waals surface area contributed by atoms with Crippen molar-refractivity contribution in [3.63, 3.8) is 0 Å². The quantitative estimate of drug-likeness (QED) is 0.171. The fourth-order valence-corrected chi connectivity index (χ4v) is 3.35. The van der Waals surface area contributed by atoms with Crippen LogP contribution in [0.5, 0.6) is 11.5 Å². The van der Waals surface area contributed by atoms with Gasteiger partial charge in [-0.15, -0.1) is 0 Å². The number of benzene rings is 3. The van der Waals surface area contributed by atoms with E-state index in [1.807, 2.05) is 12.1 Å². The molecule has 4 rings (SSSR count). The van der Waals surface area contributed by atoms with Gasteiger partial charge in [-0.25, -0.2) is 14.6 Å². The van der Waals surface area contributed by atoms with Crippen LogP contribution in [0.15, 0.2) is 83.5 Å². The van der Waals surface area contributed by atoms with Crippen LogP contribution in [0.1, 0.15) is 41.3 Å². The molecule has 0 fully saturated rings. The van der Waals surface area contributed by atoms with Gasteiger partial charge in [0, 0.05) is 5.56 Å². The zero-order valence-electron chi connectivity index (χ0n) is 18.5. The Bertz CT molecular complexity index is 1250. The van der Waals surface area contributed by atoms with Gasteiger partial charge in [0.1, 0.15) is 11.5 Å². The second-order valence-electron chi connectivity index (χ2n) is 7.50. The van der Waals surface area contributed by atoms with Gasteiger partial charge in [0.25, 0.3) is 0 Å². The van der Waals surface area contributed by atoms with Crippen LogP contribution in [0.3, 0.4) is 0 Å². The van der Waals surface area contributed by atoms with Gasteiger partial charge in [-0.05, 0) is 66.6 Å². The number of carbonyl (C=O) groups is 2. The maximum Gasteiger partial charge on any atom is 0.363 e. The number of ether oxygens (including phenoxy) is 3. The van der Waals surface area contributed by atoms with Crippen molar-refractivity contribution in [1.29, 1.82) is 0 Å². The van der Waals surface area contributed by atoms with E-state index in [4.69, 9.17) is 25.8 Å². The molecule has 0 unspecified atom stereocenters. The highest BCUT2D eigenvalue weighted by Crippen LogP contribution is 2.23. The minimum Gasteiger partial charge on any atom is -0.494 e. The normalized spacial score (nSPS) is 14.0. The van der Waals surface area contributed by atoms with Crippen LogP contribution in [0, 0.1) is 0 Å². The molecular formula is C27H22ClNO5. The second-order valence-corrected chi connectivity index (χ2v) is 7.91. The lowest BCUT2D eigenvalue weighted by Gasteiger charge is -2.06. The van der Waals surface area contributed by atoms with Crippen molar-refractivity contribution in [1.82, 2.24) is 0 Å². The zero-order valence-corrected chi connectivity index (χ0v) is 19.2. The summed E-state index contributed by atoms with van der Waals surface area (Å²) >= 11 is 6.04. The molecule has 0 spiro atoms. The third-order valence-corrected chi connectivity index (χ3v) is 5.31. The van der Waals surface area contributed by atoms with Crippen LogP contribution in [0.4, 0.5) is 0 Å². The predicted molar refractivity (Wildman–Crippen MR) is 130 cm³/mol. The molecule has 0 atom stereocenters. The van der Waals surface area contributed by atoms with Crippen molar-refractivity contribution in [2.24, 2.45) is 4.99 Å². The van der Waals surface area contributed by atoms with E-state index in [0.717, 1.165) is 18.6 Å². The number of esters is 2. The Morgan fingerprint density at radius 1 is 1.00 bits per heavy atom. The minimum absolute atomic E-state index is 0.180. The van der Waals surface area contributed by atoms with Crippen molar-refractivity contribution < 1.29 is 23.8 Å². The van der Waals surface area contributed by atoms with Crippen LogP contribution < -0.4 is 9.47 Å².